The zero-order chi connectivity index (χ0) is 13.0. The highest BCUT2D eigenvalue weighted by molar-refractivity contribution is 5.56. The first-order valence-electron chi connectivity index (χ1n) is 6.31. The van der Waals surface area contributed by atoms with Crippen molar-refractivity contribution in [2.75, 3.05) is 17.6 Å². The lowest BCUT2D eigenvalue weighted by Crippen LogP contribution is -2.06. The van der Waals surface area contributed by atoms with Crippen LogP contribution in [0.2, 0.25) is 0 Å². The molecule has 2 aromatic rings. The first-order chi connectivity index (χ1) is 8.66. The van der Waals surface area contributed by atoms with Gasteiger partial charge in [0.1, 0.15) is 0 Å². The van der Waals surface area contributed by atoms with Crippen LogP contribution < -0.4 is 11.1 Å². The minimum absolute atomic E-state index is 0.847. The number of anilines is 2. The Balaban J connectivity index is 1.92. The third-order valence-corrected chi connectivity index (χ3v) is 3.25. The van der Waals surface area contributed by atoms with Crippen molar-refractivity contribution in [3.63, 3.8) is 0 Å². The minimum Gasteiger partial charge on any atom is -0.399 e. The van der Waals surface area contributed by atoms with Crippen LogP contribution in [0.1, 0.15) is 16.7 Å². The number of nitrogens with one attached hydrogen (secondary N) is 1. The van der Waals surface area contributed by atoms with Gasteiger partial charge in [0.25, 0.3) is 0 Å². The molecule has 2 aromatic carbocycles. The van der Waals surface area contributed by atoms with Crippen molar-refractivity contribution in [3.05, 3.63) is 59.2 Å². The van der Waals surface area contributed by atoms with Crippen LogP contribution in [0.4, 0.5) is 11.4 Å². The molecule has 0 aliphatic carbocycles. The summed E-state index contributed by atoms with van der Waals surface area (Å²) >= 11 is 0. The molecule has 2 heteroatoms. The average molecular weight is 240 g/mol. The topological polar surface area (TPSA) is 38.0 Å². The molecule has 2 nitrogen and oxygen atoms in total. The van der Waals surface area contributed by atoms with Gasteiger partial charge in [-0.05, 0) is 55.2 Å². The number of nitrogen functional groups attached to an aromatic ring is 1. The number of rotatable bonds is 4. The molecule has 2 rings (SSSR count). The summed E-state index contributed by atoms with van der Waals surface area (Å²) in [5.41, 5.74) is 11.7. The molecule has 0 radical (unpaired) electrons. The molecule has 0 aliphatic heterocycles. The molecule has 0 unspecified atom stereocenters. The van der Waals surface area contributed by atoms with Crippen LogP contribution in [0.3, 0.4) is 0 Å². The van der Waals surface area contributed by atoms with Gasteiger partial charge in [-0.3, -0.25) is 0 Å². The summed E-state index contributed by atoms with van der Waals surface area (Å²) in [7, 11) is 0. The first-order valence-corrected chi connectivity index (χ1v) is 6.31. The Morgan fingerprint density at radius 1 is 1.00 bits per heavy atom. The van der Waals surface area contributed by atoms with E-state index in [1.165, 1.54) is 11.1 Å². The molecule has 0 aromatic heterocycles. The van der Waals surface area contributed by atoms with Crippen LogP contribution >= 0.6 is 0 Å². The Bertz CT molecular complexity index is 532. The highest BCUT2D eigenvalue weighted by atomic mass is 14.9. The van der Waals surface area contributed by atoms with E-state index in [1.807, 2.05) is 19.1 Å². The lowest BCUT2D eigenvalue weighted by molar-refractivity contribution is 1.00. The molecular weight excluding hydrogens is 220 g/mol. The van der Waals surface area contributed by atoms with Gasteiger partial charge < -0.3 is 11.1 Å². The number of nitrogens with two attached hydrogens (primary N) is 1. The number of hydrogen-bond acceptors (Lipinski definition) is 2. The normalized spacial score (nSPS) is 10.3. The zero-order valence-corrected chi connectivity index (χ0v) is 11.0. The zero-order valence-electron chi connectivity index (χ0n) is 11.0. The molecule has 0 amide bonds. The van der Waals surface area contributed by atoms with Crippen molar-refractivity contribution >= 4 is 11.4 Å². The highest BCUT2D eigenvalue weighted by Crippen LogP contribution is 2.16. The maximum Gasteiger partial charge on any atom is 0.0345 e. The summed E-state index contributed by atoms with van der Waals surface area (Å²) in [5.74, 6) is 0. The quantitative estimate of drug-likeness (QED) is 0.802. The van der Waals surface area contributed by atoms with E-state index in [-0.39, 0.29) is 0 Å². The van der Waals surface area contributed by atoms with Crippen molar-refractivity contribution in [1.82, 2.24) is 0 Å². The maximum atomic E-state index is 5.80. The third kappa shape index (κ3) is 3.04. The van der Waals surface area contributed by atoms with Crippen LogP contribution in [-0.4, -0.2) is 6.54 Å². The molecule has 0 bridgehead atoms. The van der Waals surface area contributed by atoms with Crippen LogP contribution in [0.5, 0.6) is 0 Å². The van der Waals surface area contributed by atoms with E-state index in [0.717, 1.165) is 29.9 Å². The van der Waals surface area contributed by atoms with Gasteiger partial charge in [-0.1, -0.05) is 24.3 Å². The van der Waals surface area contributed by atoms with Gasteiger partial charge in [-0.2, -0.15) is 0 Å². The second-order valence-corrected chi connectivity index (χ2v) is 4.67. The van der Waals surface area contributed by atoms with Crippen molar-refractivity contribution in [2.24, 2.45) is 0 Å². The van der Waals surface area contributed by atoms with E-state index in [9.17, 15) is 0 Å². The SMILES string of the molecule is Cc1cc(NCCc2ccccc2C)ccc1N. The fourth-order valence-electron chi connectivity index (χ4n) is 2.02. The number of aryl methyl sites for hydroxylation is 2. The van der Waals surface area contributed by atoms with E-state index >= 15 is 0 Å². The van der Waals surface area contributed by atoms with Gasteiger partial charge in [-0.25, -0.2) is 0 Å². The summed E-state index contributed by atoms with van der Waals surface area (Å²) in [5, 5.41) is 3.43. The predicted molar refractivity (Wildman–Crippen MR) is 79.0 cm³/mol. The average Bonchev–Trinajstić information content (AvgIpc) is 2.36. The molecule has 0 saturated carbocycles. The van der Waals surface area contributed by atoms with Gasteiger partial charge in [0.2, 0.25) is 0 Å². The van der Waals surface area contributed by atoms with E-state index in [1.54, 1.807) is 0 Å². The van der Waals surface area contributed by atoms with E-state index < -0.39 is 0 Å². The van der Waals surface area contributed by atoms with Gasteiger partial charge >= 0.3 is 0 Å². The summed E-state index contributed by atoms with van der Waals surface area (Å²) < 4.78 is 0. The van der Waals surface area contributed by atoms with Crippen LogP contribution in [-0.2, 0) is 6.42 Å². The lowest BCUT2D eigenvalue weighted by Gasteiger charge is -2.10. The van der Waals surface area contributed by atoms with E-state index in [2.05, 4.69) is 42.6 Å². The smallest absolute Gasteiger partial charge is 0.0345 e. The molecular formula is C16H20N2. The van der Waals surface area contributed by atoms with Crippen LogP contribution in [0, 0.1) is 13.8 Å². The Kier molecular flexibility index (Phi) is 3.88. The van der Waals surface area contributed by atoms with Gasteiger partial charge in [-0.15, -0.1) is 0 Å². The van der Waals surface area contributed by atoms with E-state index in [0.29, 0.717) is 0 Å². The third-order valence-electron chi connectivity index (χ3n) is 3.25. The highest BCUT2D eigenvalue weighted by Gasteiger charge is 1.98. The van der Waals surface area contributed by atoms with Crippen molar-refractivity contribution in [1.29, 1.82) is 0 Å². The van der Waals surface area contributed by atoms with Gasteiger partial charge in [0.15, 0.2) is 0 Å². The summed E-state index contributed by atoms with van der Waals surface area (Å²) in [6.45, 7) is 5.12. The second kappa shape index (κ2) is 5.58. The molecule has 3 N–H and O–H groups in total. The van der Waals surface area contributed by atoms with Crippen molar-refractivity contribution in [3.8, 4) is 0 Å². The molecule has 94 valence electrons. The Hall–Kier alpha value is -1.96. The summed E-state index contributed by atoms with van der Waals surface area (Å²) in [4.78, 5) is 0. The largest absolute Gasteiger partial charge is 0.399 e. The van der Waals surface area contributed by atoms with Crippen molar-refractivity contribution < 1.29 is 0 Å². The molecule has 0 fully saturated rings. The van der Waals surface area contributed by atoms with Crippen LogP contribution in [0.15, 0.2) is 42.5 Å². The van der Waals surface area contributed by atoms with Crippen LogP contribution in [0.25, 0.3) is 0 Å². The molecule has 0 heterocycles. The first kappa shape index (κ1) is 12.5. The molecule has 0 saturated heterocycles. The lowest BCUT2D eigenvalue weighted by atomic mass is 10.1. The summed E-state index contributed by atoms with van der Waals surface area (Å²) in [6, 6.07) is 14.6. The minimum atomic E-state index is 0.847. The molecule has 0 spiro atoms. The number of benzene rings is 2. The Morgan fingerprint density at radius 3 is 2.50 bits per heavy atom. The monoisotopic (exact) mass is 240 g/mol. The number of hydrogen-bond donors (Lipinski definition) is 2. The summed E-state index contributed by atoms with van der Waals surface area (Å²) in [6.07, 6.45) is 1.04. The standard InChI is InChI=1S/C16H20N2/c1-12-5-3-4-6-14(12)9-10-18-15-7-8-16(17)13(2)11-15/h3-8,11,18H,9-10,17H2,1-2H3. The van der Waals surface area contributed by atoms with E-state index in [4.69, 9.17) is 5.73 Å². The molecule has 18 heavy (non-hydrogen) atoms. The van der Waals surface area contributed by atoms with Crippen molar-refractivity contribution in [2.45, 2.75) is 20.3 Å². The maximum absolute atomic E-state index is 5.80. The Morgan fingerprint density at radius 2 is 1.78 bits per heavy atom. The fourth-order valence-corrected chi connectivity index (χ4v) is 2.02. The Labute approximate surface area is 109 Å². The molecule has 0 atom stereocenters. The predicted octanol–water partition coefficient (Wildman–Crippen LogP) is 3.54. The second-order valence-electron chi connectivity index (χ2n) is 4.67. The molecule has 0 aliphatic rings. The van der Waals surface area contributed by atoms with Gasteiger partial charge in [0, 0.05) is 17.9 Å². The van der Waals surface area contributed by atoms with Gasteiger partial charge in [0.05, 0.1) is 0 Å². The fraction of sp³-hybridized carbons (Fsp3) is 0.250.